The van der Waals surface area contributed by atoms with Crippen LogP contribution < -0.4 is 10.1 Å². The lowest BCUT2D eigenvalue weighted by molar-refractivity contribution is 0.196. The van der Waals surface area contributed by atoms with Crippen LogP contribution in [0.15, 0.2) is 42.5 Å². The van der Waals surface area contributed by atoms with Gasteiger partial charge in [0, 0.05) is 12.5 Å². The number of hydrogen-bond donors (Lipinski definition) is 1. The van der Waals surface area contributed by atoms with Crippen molar-refractivity contribution in [3.8, 4) is 5.75 Å². The first-order valence-corrected chi connectivity index (χ1v) is 9.50. The van der Waals surface area contributed by atoms with Crippen molar-refractivity contribution in [3.05, 3.63) is 65.0 Å². The third kappa shape index (κ3) is 3.87. The van der Waals surface area contributed by atoms with E-state index in [1.807, 2.05) is 12.1 Å². The molecule has 2 atom stereocenters. The molecule has 1 aliphatic carbocycles. The Kier molecular flexibility index (Phi) is 5.02. The zero-order chi connectivity index (χ0) is 17.1. The molecule has 132 valence electrons. The van der Waals surface area contributed by atoms with Crippen LogP contribution in [0.3, 0.4) is 0 Å². The number of rotatable bonds is 4. The lowest BCUT2D eigenvalue weighted by Crippen LogP contribution is -2.38. The molecule has 0 bridgehead atoms. The van der Waals surface area contributed by atoms with E-state index >= 15 is 0 Å². The van der Waals surface area contributed by atoms with Crippen LogP contribution >= 0.6 is 0 Å². The van der Waals surface area contributed by atoms with Gasteiger partial charge in [-0.3, -0.25) is 0 Å². The van der Waals surface area contributed by atoms with E-state index < -0.39 is 0 Å². The van der Waals surface area contributed by atoms with Gasteiger partial charge < -0.3 is 10.1 Å². The summed E-state index contributed by atoms with van der Waals surface area (Å²) in [5.41, 5.74) is 4.17. The summed E-state index contributed by atoms with van der Waals surface area (Å²) in [7, 11) is 0. The third-order valence-electron chi connectivity index (χ3n) is 5.69. The number of piperidine rings is 1. The number of halogens is 1. The van der Waals surface area contributed by atoms with E-state index in [4.69, 9.17) is 4.74 Å². The summed E-state index contributed by atoms with van der Waals surface area (Å²) < 4.78 is 19.4. The maximum absolute atomic E-state index is 13.2. The van der Waals surface area contributed by atoms with Gasteiger partial charge in [-0.05, 0) is 85.5 Å². The Hall–Kier alpha value is -1.87. The molecule has 1 fully saturated rings. The molecule has 4 rings (SSSR count). The third-order valence-corrected chi connectivity index (χ3v) is 5.69. The maximum Gasteiger partial charge on any atom is 0.123 e. The van der Waals surface area contributed by atoms with E-state index in [1.54, 1.807) is 12.1 Å². The van der Waals surface area contributed by atoms with Crippen molar-refractivity contribution in [2.24, 2.45) is 5.92 Å². The minimum absolute atomic E-state index is 0.167. The molecular weight excluding hydrogens is 313 g/mol. The molecule has 3 heteroatoms. The van der Waals surface area contributed by atoms with Gasteiger partial charge in [0.05, 0.1) is 6.61 Å². The fourth-order valence-electron chi connectivity index (χ4n) is 4.25. The standard InChI is InChI=1S/C22H26FNO/c23-20-8-5-17(6-9-20)22-11-12-24-14-19(22)15-25-21-10-7-16-3-1-2-4-18(16)13-21/h5-10,13,19,22,24H,1-4,11-12,14-15H2/t19-,22-/m0/s1. The summed E-state index contributed by atoms with van der Waals surface area (Å²) in [5.74, 6) is 1.67. The Morgan fingerprint density at radius 3 is 2.64 bits per heavy atom. The molecule has 2 aromatic rings. The molecule has 0 aromatic heterocycles. The van der Waals surface area contributed by atoms with Crippen molar-refractivity contribution in [1.82, 2.24) is 5.32 Å². The van der Waals surface area contributed by atoms with Crippen molar-refractivity contribution in [2.45, 2.75) is 38.0 Å². The monoisotopic (exact) mass is 339 g/mol. The van der Waals surface area contributed by atoms with Crippen LogP contribution in [0.4, 0.5) is 4.39 Å². The predicted octanol–water partition coefficient (Wildman–Crippen LogP) is 4.48. The first-order chi connectivity index (χ1) is 12.3. The largest absolute Gasteiger partial charge is 0.493 e. The van der Waals surface area contributed by atoms with Crippen LogP contribution in [0.2, 0.25) is 0 Å². The van der Waals surface area contributed by atoms with Gasteiger partial charge in [0.2, 0.25) is 0 Å². The van der Waals surface area contributed by atoms with Crippen molar-refractivity contribution in [2.75, 3.05) is 19.7 Å². The molecule has 1 heterocycles. The Bertz CT molecular complexity index is 712. The van der Waals surface area contributed by atoms with Crippen molar-refractivity contribution in [1.29, 1.82) is 0 Å². The topological polar surface area (TPSA) is 21.3 Å². The van der Waals surface area contributed by atoms with Crippen LogP contribution in [0.1, 0.15) is 41.9 Å². The number of nitrogens with one attached hydrogen (secondary N) is 1. The summed E-state index contributed by atoms with van der Waals surface area (Å²) in [6, 6.07) is 13.6. The number of hydrogen-bond acceptors (Lipinski definition) is 2. The van der Waals surface area contributed by atoms with E-state index in [0.717, 1.165) is 25.3 Å². The predicted molar refractivity (Wildman–Crippen MR) is 98.7 cm³/mol. The lowest BCUT2D eigenvalue weighted by Gasteiger charge is -2.32. The summed E-state index contributed by atoms with van der Waals surface area (Å²) >= 11 is 0. The highest BCUT2D eigenvalue weighted by Gasteiger charge is 2.27. The number of fused-ring (bicyclic) bond motifs is 1. The zero-order valence-electron chi connectivity index (χ0n) is 14.6. The molecule has 1 N–H and O–H groups in total. The van der Waals surface area contributed by atoms with Gasteiger partial charge in [0.25, 0.3) is 0 Å². The van der Waals surface area contributed by atoms with Crippen molar-refractivity contribution < 1.29 is 9.13 Å². The second kappa shape index (κ2) is 7.57. The van der Waals surface area contributed by atoms with E-state index in [0.29, 0.717) is 18.4 Å². The van der Waals surface area contributed by atoms with Crippen LogP contribution in [0.5, 0.6) is 5.75 Å². The second-order valence-electron chi connectivity index (χ2n) is 7.36. The molecule has 0 spiro atoms. The Morgan fingerprint density at radius 2 is 1.80 bits per heavy atom. The Labute approximate surface area is 149 Å². The second-order valence-corrected chi connectivity index (χ2v) is 7.36. The van der Waals surface area contributed by atoms with E-state index in [2.05, 4.69) is 23.5 Å². The number of ether oxygens (including phenoxy) is 1. The minimum atomic E-state index is -0.167. The highest BCUT2D eigenvalue weighted by molar-refractivity contribution is 5.37. The Balaban J connectivity index is 1.44. The van der Waals surface area contributed by atoms with Gasteiger partial charge in [-0.25, -0.2) is 4.39 Å². The average Bonchev–Trinajstić information content (AvgIpc) is 2.67. The molecule has 0 radical (unpaired) electrons. The number of benzene rings is 2. The quantitative estimate of drug-likeness (QED) is 0.887. The molecule has 2 nitrogen and oxygen atoms in total. The van der Waals surface area contributed by atoms with Gasteiger partial charge in [0.1, 0.15) is 11.6 Å². The number of aryl methyl sites for hydroxylation is 2. The van der Waals surface area contributed by atoms with Gasteiger partial charge in [0.15, 0.2) is 0 Å². The average molecular weight is 339 g/mol. The molecule has 0 amide bonds. The highest BCUT2D eigenvalue weighted by Crippen LogP contribution is 2.32. The molecule has 1 saturated heterocycles. The highest BCUT2D eigenvalue weighted by atomic mass is 19.1. The van der Waals surface area contributed by atoms with Gasteiger partial charge in [-0.2, -0.15) is 0 Å². The zero-order valence-corrected chi connectivity index (χ0v) is 14.6. The SMILES string of the molecule is Fc1ccc([C@@H]2CCNC[C@H]2COc2ccc3c(c2)CCCC3)cc1. The lowest BCUT2D eigenvalue weighted by atomic mass is 9.81. The van der Waals surface area contributed by atoms with E-state index in [1.165, 1.54) is 42.4 Å². The van der Waals surface area contributed by atoms with E-state index in [9.17, 15) is 4.39 Å². The van der Waals surface area contributed by atoms with Gasteiger partial charge >= 0.3 is 0 Å². The molecule has 0 unspecified atom stereocenters. The molecule has 2 aliphatic rings. The fourth-order valence-corrected chi connectivity index (χ4v) is 4.25. The first kappa shape index (κ1) is 16.6. The maximum atomic E-state index is 13.2. The smallest absolute Gasteiger partial charge is 0.123 e. The minimum Gasteiger partial charge on any atom is -0.493 e. The molecule has 1 aliphatic heterocycles. The summed E-state index contributed by atoms with van der Waals surface area (Å²) in [4.78, 5) is 0. The fraction of sp³-hybridized carbons (Fsp3) is 0.455. The van der Waals surface area contributed by atoms with Crippen LogP contribution in [0.25, 0.3) is 0 Å². The summed E-state index contributed by atoms with van der Waals surface area (Å²) in [5, 5.41) is 3.48. The van der Waals surface area contributed by atoms with Gasteiger partial charge in [-0.1, -0.05) is 18.2 Å². The molecule has 0 saturated carbocycles. The van der Waals surface area contributed by atoms with Crippen LogP contribution in [-0.2, 0) is 12.8 Å². The molecular formula is C22H26FNO. The first-order valence-electron chi connectivity index (χ1n) is 9.50. The summed E-state index contributed by atoms with van der Waals surface area (Å²) in [6.45, 7) is 2.66. The van der Waals surface area contributed by atoms with E-state index in [-0.39, 0.29) is 5.82 Å². The van der Waals surface area contributed by atoms with Crippen molar-refractivity contribution >= 4 is 0 Å². The van der Waals surface area contributed by atoms with Crippen molar-refractivity contribution in [3.63, 3.8) is 0 Å². The van der Waals surface area contributed by atoms with Gasteiger partial charge in [-0.15, -0.1) is 0 Å². The summed E-state index contributed by atoms with van der Waals surface area (Å²) in [6.07, 6.45) is 6.05. The van der Waals surface area contributed by atoms with Crippen LogP contribution in [0, 0.1) is 11.7 Å². The Morgan fingerprint density at radius 1 is 1.00 bits per heavy atom. The molecule has 2 aromatic carbocycles. The molecule has 25 heavy (non-hydrogen) atoms. The normalized spacial score (nSPS) is 23.1. The van der Waals surface area contributed by atoms with Crippen LogP contribution in [-0.4, -0.2) is 19.7 Å².